The van der Waals surface area contributed by atoms with Crippen LogP contribution in [0.2, 0.25) is 0 Å². The Bertz CT molecular complexity index is 95.1. The van der Waals surface area contributed by atoms with Gasteiger partial charge < -0.3 is 0 Å². The van der Waals surface area contributed by atoms with E-state index in [4.69, 9.17) is 0 Å². The second-order valence-electron chi connectivity index (χ2n) is 2.26. The molecule has 43 valence electrons. The molecule has 1 heterocycles. The molecule has 0 N–H and O–H groups in total. The number of hydrogen-bond donors (Lipinski definition) is 0. The second kappa shape index (κ2) is 3.73. The second-order valence-corrected chi connectivity index (χ2v) is 2.26. The standard InChI is InChI=1S/C6H12N.Y/c1-6-4-3-5-7(6)2;/h3-5H2,1-2H3;/q+1;. The Morgan fingerprint density at radius 2 is 2.12 bits per heavy atom. The molecule has 2 heteroatoms. The molecule has 0 saturated carbocycles. The van der Waals surface area contributed by atoms with Crippen LogP contribution in [0.25, 0.3) is 0 Å². The maximum absolute atomic E-state index is 2.32. The van der Waals surface area contributed by atoms with Gasteiger partial charge in [0, 0.05) is 52.5 Å². The van der Waals surface area contributed by atoms with Crippen LogP contribution in [0.15, 0.2) is 0 Å². The monoisotopic (exact) mass is 187 g/mol. The molecule has 1 radical (unpaired) electrons. The van der Waals surface area contributed by atoms with Crippen LogP contribution in [-0.2, 0) is 32.7 Å². The average Bonchev–Trinajstić information content (AvgIpc) is 1.91. The average molecular weight is 187 g/mol. The molecular formula is C6H12NY+. The molecule has 0 spiro atoms. The Labute approximate surface area is 76.0 Å². The van der Waals surface area contributed by atoms with Gasteiger partial charge in [-0.2, -0.15) is 0 Å². The van der Waals surface area contributed by atoms with Gasteiger partial charge in [-0.05, 0) is 0 Å². The minimum Gasteiger partial charge on any atom is -0.240 e. The zero-order valence-electron chi connectivity index (χ0n) is 5.65. The Balaban J connectivity index is 0.000000490. The summed E-state index contributed by atoms with van der Waals surface area (Å²) in [6, 6.07) is 0. The molecule has 0 unspecified atom stereocenters. The molecule has 0 fully saturated rings. The Kier molecular flexibility index (Phi) is 4.10. The van der Waals surface area contributed by atoms with Crippen molar-refractivity contribution in [2.24, 2.45) is 0 Å². The Morgan fingerprint density at radius 3 is 2.25 bits per heavy atom. The van der Waals surface area contributed by atoms with Gasteiger partial charge in [0.1, 0.15) is 19.3 Å². The first-order valence-corrected chi connectivity index (χ1v) is 2.84. The Hall–Kier alpha value is 0.774. The first-order valence-electron chi connectivity index (χ1n) is 2.84. The largest absolute Gasteiger partial charge is 0.240 e. The first kappa shape index (κ1) is 8.77. The maximum Gasteiger partial charge on any atom is 0.149 e. The van der Waals surface area contributed by atoms with Crippen LogP contribution in [0.4, 0.5) is 0 Å². The summed E-state index contributed by atoms with van der Waals surface area (Å²) in [7, 11) is 2.16. The van der Waals surface area contributed by atoms with Gasteiger partial charge in [0.15, 0.2) is 0 Å². The fourth-order valence-electron chi connectivity index (χ4n) is 0.954. The molecule has 1 nitrogen and oxygen atoms in total. The molecule has 0 aliphatic carbocycles. The third kappa shape index (κ3) is 1.95. The smallest absolute Gasteiger partial charge is 0.149 e. The van der Waals surface area contributed by atoms with Gasteiger partial charge in [-0.1, -0.05) is 0 Å². The van der Waals surface area contributed by atoms with E-state index < -0.39 is 0 Å². The number of rotatable bonds is 0. The molecule has 1 aliphatic rings. The van der Waals surface area contributed by atoms with Gasteiger partial charge in [-0.25, -0.2) is 4.58 Å². The summed E-state index contributed by atoms with van der Waals surface area (Å²) < 4.78 is 2.32. The van der Waals surface area contributed by atoms with Crippen molar-refractivity contribution in [2.45, 2.75) is 19.8 Å². The topological polar surface area (TPSA) is 3.01 Å². The van der Waals surface area contributed by atoms with Crippen molar-refractivity contribution in [2.75, 3.05) is 13.6 Å². The van der Waals surface area contributed by atoms with Crippen LogP contribution in [0.5, 0.6) is 0 Å². The molecule has 1 rings (SSSR count). The minimum absolute atomic E-state index is 0. The molecule has 0 saturated heterocycles. The minimum atomic E-state index is 0. The van der Waals surface area contributed by atoms with E-state index in [0.717, 1.165) is 0 Å². The maximum atomic E-state index is 2.32. The van der Waals surface area contributed by atoms with Gasteiger partial charge in [-0.15, -0.1) is 0 Å². The van der Waals surface area contributed by atoms with Gasteiger partial charge in [0.05, 0.1) is 0 Å². The van der Waals surface area contributed by atoms with Crippen molar-refractivity contribution in [3.8, 4) is 0 Å². The fraction of sp³-hybridized carbons (Fsp3) is 0.833. The quantitative estimate of drug-likeness (QED) is 0.495. The molecule has 0 atom stereocenters. The summed E-state index contributed by atoms with van der Waals surface area (Å²) in [4.78, 5) is 0. The van der Waals surface area contributed by atoms with Crippen LogP contribution in [0.1, 0.15) is 19.8 Å². The summed E-state index contributed by atoms with van der Waals surface area (Å²) in [5.41, 5.74) is 1.54. The number of hydrogen-bond acceptors (Lipinski definition) is 0. The Morgan fingerprint density at radius 1 is 1.50 bits per heavy atom. The third-order valence-electron chi connectivity index (χ3n) is 1.68. The molecule has 0 aromatic heterocycles. The van der Waals surface area contributed by atoms with Gasteiger partial charge in [0.25, 0.3) is 0 Å². The summed E-state index contributed by atoms with van der Waals surface area (Å²) in [6.07, 6.45) is 2.68. The van der Waals surface area contributed by atoms with Gasteiger partial charge in [-0.3, -0.25) is 0 Å². The third-order valence-corrected chi connectivity index (χ3v) is 1.68. The van der Waals surface area contributed by atoms with Crippen molar-refractivity contribution in [1.29, 1.82) is 0 Å². The van der Waals surface area contributed by atoms with Crippen molar-refractivity contribution in [3.63, 3.8) is 0 Å². The van der Waals surface area contributed by atoms with E-state index in [9.17, 15) is 0 Å². The molecular weight excluding hydrogens is 175 g/mol. The zero-order valence-corrected chi connectivity index (χ0v) is 8.48. The molecule has 0 aromatic rings. The first-order chi connectivity index (χ1) is 3.30. The molecule has 1 aliphatic heterocycles. The summed E-state index contributed by atoms with van der Waals surface area (Å²) >= 11 is 0. The zero-order chi connectivity index (χ0) is 5.28. The predicted octanol–water partition coefficient (Wildman–Crippen LogP) is 0.881. The molecule has 8 heavy (non-hydrogen) atoms. The summed E-state index contributed by atoms with van der Waals surface area (Å²) in [5.74, 6) is 0. The van der Waals surface area contributed by atoms with Crippen molar-refractivity contribution >= 4 is 5.71 Å². The molecule has 0 aromatic carbocycles. The van der Waals surface area contributed by atoms with E-state index in [-0.39, 0.29) is 32.7 Å². The van der Waals surface area contributed by atoms with Gasteiger partial charge in [0.2, 0.25) is 0 Å². The van der Waals surface area contributed by atoms with E-state index in [1.165, 1.54) is 19.4 Å². The van der Waals surface area contributed by atoms with Crippen molar-refractivity contribution < 1.29 is 37.3 Å². The van der Waals surface area contributed by atoms with Crippen LogP contribution < -0.4 is 0 Å². The van der Waals surface area contributed by atoms with Crippen LogP contribution in [0.3, 0.4) is 0 Å². The van der Waals surface area contributed by atoms with Crippen molar-refractivity contribution in [1.82, 2.24) is 0 Å². The van der Waals surface area contributed by atoms with Crippen LogP contribution in [0, 0.1) is 0 Å². The van der Waals surface area contributed by atoms with E-state index in [0.29, 0.717) is 0 Å². The summed E-state index contributed by atoms with van der Waals surface area (Å²) in [6.45, 7) is 3.47. The predicted molar refractivity (Wildman–Crippen MR) is 31.0 cm³/mol. The number of nitrogens with zero attached hydrogens (tertiary/aromatic N) is 1. The van der Waals surface area contributed by atoms with Crippen molar-refractivity contribution in [3.05, 3.63) is 0 Å². The normalized spacial score (nSPS) is 18.8. The van der Waals surface area contributed by atoms with E-state index in [1.54, 1.807) is 5.71 Å². The SMILES string of the molecule is CC1=[N+](C)CCC1.[Y]. The van der Waals surface area contributed by atoms with E-state index >= 15 is 0 Å². The van der Waals surface area contributed by atoms with Crippen LogP contribution >= 0.6 is 0 Å². The van der Waals surface area contributed by atoms with Gasteiger partial charge >= 0.3 is 0 Å². The van der Waals surface area contributed by atoms with Crippen LogP contribution in [-0.4, -0.2) is 23.9 Å². The van der Waals surface area contributed by atoms with E-state index in [2.05, 4.69) is 18.5 Å². The van der Waals surface area contributed by atoms with E-state index in [1.807, 2.05) is 0 Å². The fourth-order valence-corrected chi connectivity index (χ4v) is 0.954. The molecule has 0 bridgehead atoms. The molecule has 0 amide bonds. The summed E-state index contributed by atoms with van der Waals surface area (Å²) in [5, 5.41) is 0.